The SMILES string of the molecule is O=C(Nc1ccc(Cl)cc1F)c1cc(S(=O)(=O)NC2CCCCC2)ccc1F. The largest absolute Gasteiger partial charge is 0.319 e. The minimum Gasteiger partial charge on any atom is -0.319 e. The van der Waals surface area contributed by atoms with Gasteiger partial charge in [-0.3, -0.25) is 4.79 Å². The Bertz CT molecular complexity index is 993. The molecule has 0 spiro atoms. The summed E-state index contributed by atoms with van der Waals surface area (Å²) in [5.74, 6) is -2.67. The second kappa shape index (κ2) is 8.55. The maximum absolute atomic E-state index is 14.1. The summed E-state index contributed by atoms with van der Waals surface area (Å²) in [6.07, 6.45) is 4.43. The number of halogens is 3. The van der Waals surface area contributed by atoms with Crippen LogP contribution < -0.4 is 10.0 Å². The van der Waals surface area contributed by atoms with E-state index in [1.165, 1.54) is 12.1 Å². The third-order valence-corrected chi connectivity index (χ3v) is 6.35. The molecule has 5 nitrogen and oxygen atoms in total. The monoisotopic (exact) mass is 428 g/mol. The molecule has 2 aromatic rings. The van der Waals surface area contributed by atoms with Crippen molar-refractivity contribution in [2.45, 2.75) is 43.0 Å². The lowest BCUT2D eigenvalue weighted by atomic mass is 9.96. The Morgan fingerprint density at radius 1 is 1.00 bits per heavy atom. The number of amides is 1. The van der Waals surface area contributed by atoms with Gasteiger partial charge >= 0.3 is 0 Å². The molecule has 3 rings (SSSR count). The van der Waals surface area contributed by atoms with Crippen molar-refractivity contribution in [1.29, 1.82) is 0 Å². The van der Waals surface area contributed by atoms with Crippen LogP contribution >= 0.6 is 11.6 Å². The molecule has 0 heterocycles. The van der Waals surface area contributed by atoms with Crippen LogP contribution in [0.2, 0.25) is 5.02 Å². The van der Waals surface area contributed by atoms with E-state index < -0.39 is 33.1 Å². The van der Waals surface area contributed by atoms with Crippen molar-refractivity contribution in [3.63, 3.8) is 0 Å². The topological polar surface area (TPSA) is 75.3 Å². The average molecular weight is 429 g/mol. The number of nitrogens with one attached hydrogen (secondary N) is 2. The molecular formula is C19H19ClF2N2O3S. The van der Waals surface area contributed by atoms with Gasteiger partial charge in [-0.2, -0.15) is 0 Å². The summed E-state index contributed by atoms with van der Waals surface area (Å²) in [6.45, 7) is 0. The molecule has 0 aromatic heterocycles. The average Bonchev–Trinajstić information content (AvgIpc) is 2.64. The van der Waals surface area contributed by atoms with E-state index in [2.05, 4.69) is 10.0 Å². The highest BCUT2D eigenvalue weighted by atomic mass is 35.5. The third kappa shape index (κ3) is 4.87. The molecule has 0 radical (unpaired) electrons. The number of rotatable bonds is 5. The van der Waals surface area contributed by atoms with Gasteiger partial charge in [0.1, 0.15) is 11.6 Å². The fourth-order valence-corrected chi connectivity index (χ4v) is 4.62. The van der Waals surface area contributed by atoms with Crippen LogP contribution in [0.15, 0.2) is 41.3 Å². The zero-order valence-electron chi connectivity index (χ0n) is 14.8. The predicted molar refractivity (Wildman–Crippen MR) is 103 cm³/mol. The molecule has 1 aliphatic carbocycles. The van der Waals surface area contributed by atoms with Crippen LogP contribution in [-0.2, 0) is 10.0 Å². The summed E-state index contributed by atoms with van der Waals surface area (Å²) in [7, 11) is -3.91. The molecule has 0 unspecified atom stereocenters. The lowest BCUT2D eigenvalue weighted by Gasteiger charge is -2.22. The van der Waals surface area contributed by atoms with Crippen molar-refractivity contribution in [2.75, 3.05) is 5.32 Å². The zero-order chi connectivity index (χ0) is 20.3. The lowest BCUT2D eigenvalue weighted by molar-refractivity contribution is 0.102. The molecule has 0 saturated heterocycles. The van der Waals surface area contributed by atoms with E-state index in [9.17, 15) is 22.0 Å². The smallest absolute Gasteiger partial charge is 0.258 e. The summed E-state index contributed by atoms with van der Waals surface area (Å²) in [4.78, 5) is 12.2. The first-order valence-electron chi connectivity index (χ1n) is 8.84. The molecule has 2 aromatic carbocycles. The van der Waals surface area contributed by atoms with E-state index in [4.69, 9.17) is 11.6 Å². The highest BCUT2D eigenvalue weighted by Gasteiger charge is 2.24. The Labute approximate surface area is 167 Å². The number of carbonyl (C=O) groups excluding carboxylic acids is 1. The number of hydrogen-bond acceptors (Lipinski definition) is 3. The molecular weight excluding hydrogens is 410 g/mol. The summed E-state index contributed by atoms with van der Waals surface area (Å²) in [5, 5.41) is 2.37. The lowest BCUT2D eigenvalue weighted by Crippen LogP contribution is -2.36. The Morgan fingerprint density at radius 2 is 1.71 bits per heavy atom. The van der Waals surface area contributed by atoms with Gasteiger partial charge < -0.3 is 5.32 Å². The van der Waals surface area contributed by atoms with Gasteiger partial charge in [-0.05, 0) is 49.2 Å². The molecule has 2 N–H and O–H groups in total. The van der Waals surface area contributed by atoms with Gasteiger partial charge in [-0.15, -0.1) is 0 Å². The highest BCUT2D eigenvalue weighted by molar-refractivity contribution is 7.89. The predicted octanol–water partition coefficient (Wildman–Crippen LogP) is 4.48. The van der Waals surface area contributed by atoms with Crippen LogP contribution in [0, 0.1) is 11.6 Å². The van der Waals surface area contributed by atoms with Gasteiger partial charge in [-0.25, -0.2) is 21.9 Å². The van der Waals surface area contributed by atoms with Gasteiger partial charge in [0.2, 0.25) is 10.0 Å². The Hall–Kier alpha value is -2.03. The van der Waals surface area contributed by atoms with Crippen molar-refractivity contribution < 1.29 is 22.0 Å². The van der Waals surface area contributed by atoms with Crippen molar-refractivity contribution >= 4 is 33.2 Å². The van der Waals surface area contributed by atoms with E-state index in [0.717, 1.165) is 56.4 Å². The van der Waals surface area contributed by atoms with Crippen LogP contribution in [0.5, 0.6) is 0 Å². The van der Waals surface area contributed by atoms with Crippen LogP contribution in [0.4, 0.5) is 14.5 Å². The molecule has 1 saturated carbocycles. The van der Waals surface area contributed by atoms with E-state index in [1.807, 2.05) is 0 Å². The fourth-order valence-electron chi connectivity index (χ4n) is 3.13. The van der Waals surface area contributed by atoms with E-state index in [-0.39, 0.29) is 21.6 Å². The summed E-state index contributed by atoms with van der Waals surface area (Å²) in [6, 6.07) is 6.38. The first kappa shape index (κ1) is 20.7. The normalized spacial score (nSPS) is 15.4. The minimum absolute atomic E-state index is 0.142. The quantitative estimate of drug-likeness (QED) is 0.737. The second-order valence-corrected chi connectivity index (χ2v) is 8.83. The first-order chi connectivity index (χ1) is 13.3. The second-order valence-electron chi connectivity index (χ2n) is 6.68. The minimum atomic E-state index is -3.91. The molecule has 1 aliphatic rings. The molecule has 1 fully saturated rings. The van der Waals surface area contributed by atoms with Crippen LogP contribution in [0.3, 0.4) is 0 Å². The molecule has 28 heavy (non-hydrogen) atoms. The zero-order valence-corrected chi connectivity index (χ0v) is 16.4. The molecule has 0 atom stereocenters. The molecule has 1 amide bonds. The molecule has 0 aliphatic heterocycles. The Kier molecular flexibility index (Phi) is 6.32. The fraction of sp³-hybridized carbons (Fsp3) is 0.316. The van der Waals surface area contributed by atoms with Crippen LogP contribution in [0.1, 0.15) is 42.5 Å². The maximum atomic E-state index is 14.1. The molecule has 150 valence electrons. The number of benzene rings is 2. The van der Waals surface area contributed by atoms with Crippen molar-refractivity contribution in [3.8, 4) is 0 Å². The van der Waals surface area contributed by atoms with Gasteiger partial charge in [0.25, 0.3) is 5.91 Å². The van der Waals surface area contributed by atoms with Crippen molar-refractivity contribution in [3.05, 3.63) is 58.6 Å². The van der Waals surface area contributed by atoms with Crippen LogP contribution in [0.25, 0.3) is 0 Å². The van der Waals surface area contributed by atoms with Crippen LogP contribution in [-0.4, -0.2) is 20.4 Å². The maximum Gasteiger partial charge on any atom is 0.258 e. The summed E-state index contributed by atoms with van der Waals surface area (Å²) >= 11 is 5.66. The van der Waals surface area contributed by atoms with E-state index in [1.54, 1.807) is 0 Å². The van der Waals surface area contributed by atoms with Crippen molar-refractivity contribution in [1.82, 2.24) is 4.72 Å². The number of anilines is 1. The summed E-state index contributed by atoms with van der Waals surface area (Å²) in [5.41, 5.74) is -0.691. The van der Waals surface area contributed by atoms with E-state index >= 15 is 0 Å². The third-order valence-electron chi connectivity index (χ3n) is 4.60. The van der Waals surface area contributed by atoms with Gasteiger partial charge in [-0.1, -0.05) is 30.9 Å². The Balaban J connectivity index is 1.83. The number of carbonyl (C=O) groups is 1. The number of hydrogen-bond donors (Lipinski definition) is 2. The van der Waals surface area contributed by atoms with Gasteiger partial charge in [0.05, 0.1) is 16.1 Å². The van der Waals surface area contributed by atoms with Gasteiger partial charge in [0, 0.05) is 11.1 Å². The Morgan fingerprint density at radius 3 is 2.39 bits per heavy atom. The molecule has 0 bridgehead atoms. The first-order valence-corrected chi connectivity index (χ1v) is 10.7. The number of sulfonamides is 1. The van der Waals surface area contributed by atoms with Gasteiger partial charge in [0.15, 0.2) is 0 Å². The van der Waals surface area contributed by atoms with E-state index in [0.29, 0.717) is 0 Å². The standard InChI is InChI=1S/C19H19ClF2N2O3S/c20-12-6-9-18(17(22)10-12)23-19(25)15-11-14(7-8-16(15)21)28(26,27)24-13-4-2-1-3-5-13/h6-11,13,24H,1-5H2,(H,23,25). The highest BCUT2D eigenvalue weighted by Crippen LogP contribution is 2.23. The van der Waals surface area contributed by atoms with Crippen molar-refractivity contribution in [2.24, 2.45) is 0 Å². The molecule has 9 heteroatoms. The summed E-state index contributed by atoms with van der Waals surface area (Å²) < 4.78 is 55.8.